The van der Waals surface area contributed by atoms with Crippen LogP contribution in [-0.4, -0.2) is 4.92 Å². The van der Waals surface area contributed by atoms with Gasteiger partial charge in [-0.1, -0.05) is 24.3 Å². The maximum absolute atomic E-state index is 10.6. The highest BCUT2D eigenvalue weighted by atomic mass is 16.6. The molecule has 2 aromatic carbocycles. The zero-order valence-electron chi connectivity index (χ0n) is 8.46. The Morgan fingerprint density at radius 2 is 1.69 bits per heavy atom. The van der Waals surface area contributed by atoms with Crippen molar-refractivity contribution in [3.8, 4) is 11.1 Å². The Bertz CT molecular complexity index is 521. The lowest BCUT2D eigenvalue weighted by Crippen LogP contribution is -1.88. The van der Waals surface area contributed by atoms with Crippen molar-refractivity contribution in [3.63, 3.8) is 0 Å². The summed E-state index contributed by atoms with van der Waals surface area (Å²) in [4.78, 5) is 10.2. The molecule has 0 aliphatic rings. The lowest BCUT2D eigenvalue weighted by atomic mass is 10.1. The molecule has 0 heterocycles. The molecule has 0 saturated carbocycles. The molecule has 0 bridgehead atoms. The number of nitrogen functional groups attached to an aromatic ring is 1. The van der Waals surface area contributed by atoms with Crippen molar-refractivity contribution in [2.24, 2.45) is 0 Å². The van der Waals surface area contributed by atoms with E-state index in [-0.39, 0.29) is 5.69 Å². The second-order valence-electron chi connectivity index (χ2n) is 3.43. The molecule has 0 spiro atoms. The van der Waals surface area contributed by atoms with E-state index in [4.69, 9.17) is 5.73 Å². The second-order valence-corrected chi connectivity index (χ2v) is 3.43. The van der Waals surface area contributed by atoms with Crippen molar-refractivity contribution in [3.05, 3.63) is 58.6 Å². The Kier molecular flexibility index (Phi) is 2.55. The fourth-order valence-electron chi connectivity index (χ4n) is 1.47. The molecule has 2 aromatic rings. The van der Waals surface area contributed by atoms with Crippen molar-refractivity contribution in [1.29, 1.82) is 0 Å². The van der Waals surface area contributed by atoms with E-state index in [1.807, 2.05) is 18.2 Å². The maximum atomic E-state index is 10.6. The summed E-state index contributed by atoms with van der Waals surface area (Å²) < 4.78 is 0. The largest absolute Gasteiger partial charge is 0.399 e. The quantitative estimate of drug-likeness (QED) is 0.474. The molecule has 0 amide bonds. The summed E-state index contributed by atoms with van der Waals surface area (Å²) in [7, 11) is 0. The number of nitrogens with two attached hydrogens (primary N) is 1. The average Bonchev–Trinajstić information content (AvgIpc) is 2.30. The van der Waals surface area contributed by atoms with Crippen LogP contribution >= 0.6 is 0 Å². The van der Waals surface area contributed by atoms with Gasteiger partial charge in [0.05, 0.1) is 4.92 Å². The molecule has 0 saturated heterocycles. The van der Waals surface area contributed by atoms with E-state index in [2.05, 4.69) is 0 Å². The van der Waals surface area contributed by atoms with Gasteiger partial charge in [-0.2, -0.15) is 0 Å². The first kappa shape index (κ1) is 10.2. The van der Waals surface area contributed by atoms with Crippen LogP contribution < -0.4 is 5.73 Å². The van der Waals surface area contributed by atoms with Crippen LogP contribution in [0.2, 0.25) is 0 Å². The first-order chi connectivity index (χ1) is 7.66. The minimum Gasteiger partial charge on any atom is -0.399 e. The third-order valence-corrected chi connectivity index (χ3v) is 2.30. The van der Waals surface area contributed by atoms with Gasteiger partial charge in [0.15, 0.2) is 0 Å². The summed E-state index contributed by atoms with van der Waals surface area (Å²) in [6.07, 6.45) is 0. The van der Waals surface area contributed by atoms with Crippen LogP contribution in [-0.2, 0) is 0 Å². The summed E-state index contributed by atoms with van der Waals surface area (Å²) in [5.74, 6) is 0. The van der Waals surface area contributed by atoms with E-state index < -0.39 is 4.92 Å². The third-order valence-electron chi connectivity index (χ3n) is 2.30. The summed E-state index contributed by atoms with van der Waals surface area (Å²) in [6.45, 7) is 0. The standard InChI is InChI=1S/C12H10N2O2/c13-11-6-4-9(5-7-11)10-2-1-3-12(8-10)14(15)16/h1-8H,13H2. The van der Waals surface area contributed by atoms with E-state index in [0.717, 1.165) is 11.1 Å². The van der Waals surface area contributed by atoms with Crippen molar-refractivity contribution in [2.45, 2.75) is 0 Å². The van der Waals surface area contributed by atoms with Crippen molar-refractivity contribution < 1.29 is 4.92 Å². The van der Waals surface area contributed by atoms with Gasteiger partial charge in [-0.3, -0.25) is 10.1 Å². The van der Waals surface area contributed by atoms with Gasteiger partial charge in [-0.05, 0) is 23.3 Å². The van der Waals surface area contributed by atoms with E-state index in [1.54, 1.807) is 24.3 Å². The maximum Gasteiger partial charge on any atom is 0.270 e. The summed E-state index contributed by atoms with van der Waals surface area (Å²) in [5.41, 5.74) is 8.07. The van der Waals surface area contributed by atoms with Gasteiger partial charge in [0.25, 0.3) is 5.69 Å². The third kappa shape index (κ3) is 2.00. The van der Waals surface area contributed by atoms with Gasteiger partial charge in [0.2, 0.25) is 0 Å². The fraction of sp³-hybridized carbons (Fsp3) is 0. The number of nitro benzene ring substituents is 1. The molecule has 0 atom stereocenters. The van der Waals surface area contributed by atoms with Crippen LogP contribution in [0.5, 0.6) is 0 Å². The van der Waals surface area contributed by atoms with E-state index in [0.29, 0.717) is 5.69 Å². The van der Waals surface area contributed by atoms with Crippen LogP contribution in [0.3, 0.4) is 0 Å². The predicted molar refractivity (Wildman–Crippen MR) is 62.9 cm³/mol. The van der Waals surface area contributed by atoms with Crippen molar-refractivity contribution >= 4 is 11.4 Å². The topological polar surface area (TPSA) is 69.2 Å². The number of anilines is 1. The Balaban J connectivity index is 2.44. The molecule has 0 unspecified atom stereocenters. The predicted octanol–water partition coefficient (Wildman–Crippen LogP) is 2.84. The first-order valence-electron chi connectivity index (χ1n) is 4.77. The molecule has 0 radical (unpaired) electrons. The van der Waals surface area contributed by atoms with Gasteiger partial charge in [0.1, 0.15) is 0 Å². The molecule has 0 aliphatic carbocycles. The summed E-state index contributed by atoms with van der Waals surface area (Å²) >= 11 is 0. The lowest BCUT2D eigenvalue weighted by Gasteiger charge is -2.01. The van der Waals surface area contributed by atoms with Gasteiger partial charge < -0.3 is 5.73 Å². The van der Waals surface area contributed by atoms with Crippen LogP contribution in [0.15, 0.2) is 48.5 Å². The lowest BCUT2D eigenvalue weighted by molar-refractivity contribution is -0.384. The minimum absolute atomic E-state index is 0.0920. The zero-order chi connectivity index (χ0) is 11.5. The van der Waals surface area contributed by atoms with Crippen LogP contribution in [0.4, 0.5) is 11.4 Å². The smallest absolute Gasteiger partial charge is 0.270 e. The fourth-order valence-corrected chi connectivity index (χ4v) is 1.47. The van der Waals surface area contributed by atoms with E-state index >= 15 is 0 Å². The minimum atomic E-state index is -0.402. The number of hydrogen-bond acceptors (Lipinski definition) is 3. The van der Waals surface area contributed by atoms with Gasteiger partial charge in [0, 0.05) is 17.8 Å². The molecule has 16 heavy (non-hydrogen) atoms. The number of nitro groups is 1. The molecule has 0 fully saturated rings. The normalized spacial score (nSPS) is 10.0. The number of non-ortho nitro benzene ring substituents is 1. The van der Waals surface area contributed by atoms with E-state index in [9.17, 15) is 10.1 Å². The Labute approximate surface area is 92.5 Å². The van der Waals surface area contributed by atoms with Crippen LogP contribution in [0.25, 0.3) is 11.1 Å². The Morgan fingerprint density at radius 1 is 1.00 bits per heavy atom. The molecular weight excluding hydrogens is 204 g/mol. The van der Waals surface area contributed by atoms with Crippen molar-refractivity contribution in [1.82, 2.24) is 0 Å². The highest BCUT2D eigenvalue weighted by Crippen LogP contribution is 2.24. The van der Waals surface area contributed by atoms with Gasteiger partial charge >= 0.3 is 0 Å². The molecule has 0 aliphatic heterocycles. The molecule has 80 valence electrons. The summed E-state index contributed by atoms with van der Waals surface area (Å²) in [6, 6.07) is 13.7. The number of nitrogens with zero attached hydrogens (tertiary/aromatic N) is 1. The highest BCUT2D eigenvalue weighted by molar-refractivity contribution is 5.67. The Morgan fingerprint density at radius 3 is 2.31 bits per heavy atom. The first-order valence-corrected chi connectivity index (χ1v) is 4.77. The SMILES string of the molecule is Nc1ccc(-c2cccc([N+](=O)[O-])c2)cc1. The number of hydrogen-bond donors (Lipinski definition) is 1. The molecule has 4 nitrogen and oxygen atoms in total. The number of rotatable bonds is 2. The molecule has 2 rings (SSSR count). The molecule has 2 N–H and O–H groups in total. The Hall–Kier alpha value is -2.36. The van der Waals surface area contributed by atoms with Crippen LogP contribution in [0, 0.1) is 10.1 Å². The highest BCUT2D eigenvalue weighted by Gasteiger charge is 2.06. The van der Waals surface area contributed by atoms with Gasteiger partial charge in [-0.15, -0.1) is 0 Å². The second kappa shape index (κ2) is 4.02. The van der Waals surface area contributed by atoms with Crippen LogP contribution in [0.1, 0.15) is 0 Å². The molecule has 0 aromatic heterocycles. The molecule has 4 heteroatoms. The van der Waals surface area contributed by atoms with Crippen molar-refractivity contribution in [2.75, 3.05) is 5.73 Å². The zero-order valence-corrected chi connectivity index (χ0v) is 8.46. The molecular formula is C12H10N2O2. The monoisotopic (exact) mass is 214 g/mol. The summed E-state index contributed by atoms with van der Waals surface area (Å²) in [5, 5.41) is 10.6. The average molecular weight is 214 g/mol. The van der Waals surface area contributed by atoms with Gasteiger partial charge in [-0.25, -0.2) is 0 Å². The van der Waals surface area contributed by atoms with E-state index in [1.165, 1.54) is 6.07 Å². The number of benzene rings is 2.